The van der Waals surface area contributed by atoms with Crippen LogP contribution in [0.4, 0.5) is 0 Å². The van der Waals surface area contributed by atoms with Crippen molar-refractivity contribution in [1.29, 1.82) is 0 Å². The van der Waals surface area contributed by atoms with Crippen LogP contribution in [0.2, 0.25) is 0 Å². The molecule has 1 aliphatic heterocycles. The molecule has 0 saturated carbocycles. The number of carbonyl (C=O) groups excluding carboxylic acids is 2. The number of carboxylic acids is 1. The van der Waals surface area contributed by atoms with Crippen molar-refractivity contribution in [2.24, 2.45) is 5.92 Å². The Kier molecular flexibility index (Phi) is 7.39. The number of aliphatic carboxylic acids is 1. The van der Waals surface area contributed by atoms with Crippen molar-refractivity contribution in [2.75, 3.05) is 0 Å². The van der Waals surface area contributed by atoms with Crippen molar-refractivity contribution in [3.63, 3.8) is 0 Å². The maximum absolute atomic E-state index is 12.9. The van der Waals surface area contributed by atoms with Gasteiger partial charge in [0.15, 0.2) is 0 Å². The van der Waals surface area contributed by atoms with E-state index < -0.39 is 18.1 Å². The van der Waals surface area contributed by atoms with E-state index >= 15 is 0 Å². The number of benzene rings is 1. The van der Waals surface area contributed by atoms with Crippen molar-refractivity contribution in [3.8, 4) is 0 Å². The molecule has 2 N–H and O–H groups in total. The first-order chi connectivity index (χ1) is 12.8. The van der Waals surface area contributed by atoms with Gasteiger partial charge in [0.05, 0.1) is 0 Å². The standard InChI is InChI=1S/C21H30N2O4/c1-4-5-10-17(21(26)27)22-20(25)18-12-15-8-6-7-9-16(15)13-23(18)19(24)11-14(2)3/h6-9,14,17-18H,4-5,10-13H2,1-3H3,(H,22,25)(H,26,27)/t17-,18?/m0/s1. The number of hydrogen-bond donors (Lipinski definition) is 2. The van der Waals surface area contributed by atoms with Crippen LogP contribution in [0.25, 0.3) is 0 Å². The van der Waals surface area contributed by atoms with E-state index in [1.54, 1.807) is 4.90 Å². The molecule has 0 radical (unpaired) electrons. The van der Waals surface area contributed by atoms with Gasteiger partial charge >= 0.3 is 5.97 Å². The normalized spacial score (nSPS) is 17.3. The van der Waals surface area contributed by atoms with E-state index in [1.807, 2.05) is 45.0 Å². The minimum atomic E-state index is -1.03. The molecule has 0 aliphatic carbocycles. The Morgan fingerprint density at radius 1 is 1.22 bits per heavy atom. The number of carboxylic acid groups (broad SMARTS) is 1. The molecular formula is C21H30N2O4. The van der Waals surface area contributed by atoms with Crippen molar-refractivity contribution in [1.82, 2.24) is 10.2 Å². The molecule has 1 aliphatic rings. The summed E-state index contributed by atoms with van der Waals surface area (Å²) in [7, 11) is 0. The summed E-state index contributed by atoms with van der Waals surface area (Å²) in [6, 6.07) is 6.19. The monoisotopic (exact) mass is 374 g/mol. The zero-order chi connectivity index (χ0) is 20.0. The van der Waals surface area contributed by atoms with Gasteiger partial charge in [0, 0.05) is 19.4 Å². The molecule has 2 atom stereocenters. The first-order valence-corrected chi connectivity index (χ1v) is 9.72. The number of amides is 2. The summed E-state index contributed by atoms with van der Waals surface area (Å²) in [5.74, 6) is -1.30. The van der Waals surface area contributed by atoms with Gasteiger partial charge in [0.1, 0.15) is 12.1 Å². The molecule has 1 heterocycles. The smallest absolute Gasteiger partial charge is 0.326 e. The van der Waals surface area contributed by atoms with Gasteiger partial charge in [-0.05, 0) is 23.5 Å². The SMILES string of the molecule is CCCC[C@H](NC(=O)C1Cc2ccccc2CN1C(=O)CC(C)C)C(=O)O. The lowest BCUT2D eigenvalue weighted by molar-refractivity contribution is -0.146. The van der Waals surface area contributed by atoms with Crippen LogP contribution in [0.15, 0.2) is 24.3 Å². The van der Waals surface area contributed by atoms with Gasteiger partial charge < -0.3 is 15.3 Å². The van der Waals surface area contributed by atoms with E-state index in [0.29, 0.717) is 25.8 Å². The maximum atomic E-state index is 12.9. The Hall–Kier alpha value is -2.37. The van der Waals surface area contributed by atoms with Gasteiger partial charge in [0.2, 0.25) is 11.8 Å². The second-order valence-electron chi connectivity index (χ2n) is 7.65. The van der Waals surface area contributed by atoms with E-state index in [4.69, 9.17) is 0 Å². The number of nitrogens with one attached hydrogen (secondary N) is 1. The first kappa shape index (κ1) is 20.9. The Labute approximate surface area is 160 Å². The number of carbonyl (C=O) groups is 3. The Bertz CT molecular complexity index is 687. The molecule has 148 valence electrons. The Morgan fingerprint density at radius 3 is 2.48 bits per heavy atom. The Morgan fingerprint density at radius 2 is 1.89 bits per heavy atom. The second-order valence-corrected chi connectivity index (χ2v) is 7.65. The number of nitrogens with zero attached hydrogens (tertiary/aromatic N) is 1. The number of rotatable bonds is 8. The average molecular weight is 374 g/mol. The highest BCUT2D eigenvalue weighted by Gasteiger charge is 2.36. The van der Waals surface area contributed by atoms with E-state index in [9.17, 15) is 19.5 Å². The molecule has 1 unspecified atom stereocenters. The molecule has 0 saturated heterocycles. The van der Waals surface area contributed by atoms with Crippen LogP contribution in [0, 0.1) is 5.92 Å². The van der Waals surface area contributed by atoms with E-state index in [2.05, 4.69) is 5.32 Å². The summed E-state index contributed by atoms with van der Waals surface area (Å²) in [6.07, 6.45) is 2.74. The number of unbranched alkanes of at least 4 members (excludes halogenated alkanes) is 1. The highest BCUT2D eigenvalue weighted by atomic mass is 16.4. The topological polar surface area (TPSA) is 86.7 Å². The van der Waals surface area contributed by atoms with Gasteiger partial charge in [-0.15, -0.1) is 0 Å². The highest BCUT2D eigenvalue weighted by Crippen LogP contribution is 2.25. The van der Waals surface area contributed by atoms with Crippen LogP contribution in [0.5, 0.6) is 0 Å². The van der Waals surface area contributed by atoms with Crippen molar-refractivity contribution in [2.45, 2.75) is 71.5 Å². The molecule has 0 bridgehead atoms. The lowest BCUT2D eigenvalue weighted by Gasteiger charge is -2.37. The zero-order valence-corrected chi connectivity index (χ0v) is 16.4. The quantitative estimate of drug-likeness (QED) is 0.732. The van der Waals surface area contributed by atoms with Crippen molar-refractivity contribution in [3.05, 3.63) is 35.4 Å². The van der Waals surface area contributed by atoms with Crippen LogP contribution in [0.3, 0.4) is 0 Å². The first-order valence-electron chi connectivity index (χ1n) is 9.72. The lowest BCUT2D eigenvalue weighted by Crippen LogP contribution is -2.55. The van der Waals surface area contributed by atoms with E-state index in [0.717, 1.165) is 24.0 Å². The summed E-state index contributed by atoms with van der Waals surface area (Å²) in [4.78, 5) is 38.8. The molecule has 1 aromatic carbocycles. The van der Waals surface area contributed by atoms with Crippen molar-refractivity contribution >= 4 is 17.8 Å². The highest BCUT2D eigenvalue weighted by molar-refractivity contribution is 5.91. The van der Waals surface area contributed by atoms with Gasteiger partial charge in [-0.1, -0.05) is 57.9 Å². The third kappa shape index (κ3) is 5.55. The lowest BCUT2D eigenvalue weighted by atomic mass is 9.92. The third-order valence-corrected chi connectivity index (χ3v) is 4.92. The summed E-state index contributed by atoms with van der Waals surface area (Å²) < 4.78 is 0. The van der Waals surface area contributed by atoms with Crippen LogP contribution >= 0.6 is 0 Å². The van der Waals surface area contributed by atoms with Crippen LogP contribution in [-0.2, 0) is 27.3 Å². The van der Waals surface area contributed by atoms with Gasteiger partial charge in [-0.3, -0.25) is 9.59 Å². The molecule has 27 heavy (non-hydrogen) atoms. The molecule has 6 heteroatoms. The van der Waals surface area contributed by atoms with Crippen LogP contribution in [-0.4, -0.2) is 39.9 Å². The number of hydrogen-bond acceptors (Lipinski definition) is 3. The molecule has 2 amide bonds. The minimum absolute atomic E-state index is 0.0694. The molecule has 0 fully saturated rings. The molecule has 0 aromatic heterocycles. The van der Waals surface area contributed by atoms with Gasteiger partial charge in [0.25, 0.3) is 0 Å². The Balaban J connectivity index is 2.22. The predicted octanol–water partition coefficient (Wildman–Crippen LogP) is 2.75. The fourth-order valence-electron chi connectivity index (χ4n) is 3.42. The predicted molar refractivity (Wildman–Crippen MR) is 103 cm³/mol. The largest absolute Gasteiger partial charge is 0.480 e. The maximum Gasteiger partial charge on any atom is 0.326 e. The van der Waals surface area contributed by atoms with Crippen LogP contribution < -0.4 is 5.32 Å². The van der Waals surface area contributed by atoms with Gasteiger partial charge in [-0.2, -0.15) is 0 Å². The van der Waals surface area contributed by atoms with Crippen molar-refractivity contribution < 1.29 is 19.5 Å². The summed E-state index contributed by atoms with van der Waals surface area (Å²) in [5.41, 5.74) is 2.08. The van der Waals surface area contributed by atoms with Crippen LogP contribution in [0.1, 0.15) is 57.6 Å². The molecule has 1 aromatic rings. The van der Waals surface area contributed by atoms with Gasteiger partial charge in [-0.25, -0.2) is 4.79 Å². The zero-order valence-electron chi connectivity index (χ0n) is 16.4. The molecule has 0 spiro atoms. The molecular weight excluding hydrogens is 344 g/mol. The summed E-state index contributed by atoms with van der Waals surface area (Å²) in [6.45, 7) is 6.30. The number of fused-ring (bicyclic) bond motifs is 1. The second kappa shape index (κ2) is 9.53. The van der Waals surface area contributed by atoms with E-state index in [1.165, 1.54) is 0 Å². The summed E-state index contributed by atoms with van der Waals surface area (Å²) >= 11 is 0. The minimum Gasteiger partial charge on any atom is -0.480 e. The average Bonchev–Trinajstić information content (AvgIpc) is 2.63. The van der Waals surface area contributed by atoms with E-state index in [-0.39, 0.29) is 17.7 Å². The summed E-state index contributed by atoms with van der Waals surface area (Å²) in [5, 5.41) is 12.1. The third-order valence-electron chi connectivity index (χ3n) is 4.92. The fourth-order valence-corrected chi connectivity index (χ4v) is 3.42. The molecule has 6 nitrogen and oxygen atoms in total. The molecule has 2 rings (SSSR count). The fraction of sp³-hybridized carbons (Fsp3) is 0.571.